The maximum Gasteiger partial charge on any atom is 0.280 e. The van der Waals surface area contributed by atoms with Crippen LogP contribution in [0.15, 0.2) is 11.1 Å². The topological polar surface area (TPSA) is 29.4 Å². The molecule has 2 nitrogen and oxygen atoms in total. The van der Waals surface area contributed by atoms with E-state index in [1.165, 1.54) is 6.07 Å². The largest absolute Gasteiger partial charge is 0.280 e. The number of benzene rings is 1. The van der Waals surface area contributed by atoms with Gasteiger partial charge in [-0.25, -0.2) is 0 Å². The van der Waals surface area contributed by atoms with Crippen LogP contribution in [0.4, 0.5) is 0 Å². The highest BCUT2D eigenvalue weighted by atomic mass is 35.5. The van der Waals surface area contributed by atoms with Gasteiger partial charge in [0, 0.05) is 5.56 Å². The van der Waals surface area contributed by atoms with Crippen molar-refractivity contribution < 1.29 is 4.79 Å². The molecule has 0 atom stereocenters. The lowest BCUT2D eigenvalue weighted by atomic mass is 10.1. The second-order valence-electron chi connectivity index (χ2n) is 2.62. The number of aliphatic imine (C=N–C) groups is 1. The Labute approximate surface area is 99.4 Å². The second kappa shape index (κ2) is 3.38. The highest BCUT2D eigenvalue weighted by Gasteiger charge is 2.27. The van der Waals surface area contributed by atoms with Crippen LogP contribution in [0.1, 0.15) is 15.9 Å². The molecular weight excluding hydrogens is 268 g/mol. The molecule has 0 N–H and O–H groups in total. The predicted octanol–water partition coefficient (Wildman–Crippen LogP) is 3.79. The van der Waals surface area contributed by atoms with E-state index in [0.717, 1.165) is 0 Å². The lowest BCUT2D eigenvalue weighted by Crippen LogP contribution is -1.95. The van der Waals surface area contributed by atoms with Gasteiger partial charge in [0.05, 0.1) is 20.6 Å². The predicted molar refractivity (Wildman–Crippen MR) is 58.2 cm³/mol. The smallest absolute Gasteiger partial charge is 0.267 e. The zero-order valence-electron chi connectivity index (χ0n) is 6.44. The summed E-state index contributed by atoms with van der Waals surface area (Å²) in [4.78, 5) is 14.8. The van der Waals surface area contributed by atoms with Crippen LogP contribution in [0.2, 0.25) is 15.1 Å². The molecule has 1 aliphatic heterocycles. The van der Waals surface area contributed by atoms with Crippen molar-refractivity contribution in [2.24, 2.45) is 4.99 Å². The number of rotatable bonds is 0. The number of carbonyl (C=O) groups excluding carboxylic acids is 1. The van der Waals surface area contributed by atoms with Crippen LogP contribution in [0.3, 0.4) is 0 Å². The first-order valence-electron chi connectivity index (χ1n) is 3.48. The van der Waals surface area contributed by atoms with Crippen LogP contribution >= 0.6 is 46.4 Å². The van der Waals surface area contributed by atoms with E-state index in [2.05, 4.69) is 4.99 Å². The van der Waals surface area contributed by atoms with Crippen LogP contribution in [-0.4, -0.2) is 11.1 Å². The molecule has 0 saturated heterocycles. The van der Waals surface area contributed by atoms with Gasteiger partial charge in [0.15, 0.2) is 0 Å². The third-order valence-corrected chi connectivity index (χ3v) is 3.35. The van der Waals surface area contributed by atoms with Crippen molar-refractivity contribution in [2.75, 3.05) is 0 Å². The van der Waals surface area contributed by atoms with E-state index in [9.17, 15) is 4.79 Å². The first-order valence-corrected chi connectivity index (χ1v) is 5.00. The van der Waals surface area contributed by atoms with Crippen LogP contribution in [0.25, 0.3) is 0 Å². The average molecular weight is 269 g/mol. The number of nitrogens with zero attached hydrogens (tertiary/aromatic N) is 1. The molecule has 0 bridgehead atoms. The third kappa shape index (κ3) is 1.34. The zero-order valence-corrected chi connectivity index (χ0v) is 9.47. The monoisotopic (exact) mass is 267 g/mol. The summed E-state index contributed by atoms with van der Waals surface area (Å²) in [5.41, 5.74) is 0.641. The van der Waals surface area contributed by atoms with Crippen molar-refractivity contribution in [1.29, 1.82) is 0 Å². The Kier molecular flexibility index (Phi) is 2.48. The normalized spacial score (nSPS) is 14.3. The fourth-order valence-corrected chi connectivity index (χ4v) is 2.08. The maximum atomic E-state index is 11.3. The molecule has 0 unspecified atom stereocenters. The molecule has 1 aromatic rings. The van der Waals surface area contributed by atoms with Crippen molar-refractivity contribution in [3.63, 3.8) is 0 Å². The first kappa shape index (κ1) is 10.2. The molecule has 0 aromatic heterocycles. The van der Waals surface area contributed by atoms with E-state index >= 15 is 0 Å². The standard InChI is InChI=1S/C8HCl4NO/c9-3-1-2-4(6(11)5(3)10)8(14)13-7(2)12/h1H. The number of amides is 1. The van der Waals surface area contributed by atoms with Crippen LogP contribution in [0.5, 0.6) is 0 Å². The van der Waals surface area contributed by atoms with Gasteiger partial charge in [-0.15, -0.1) is 0 Å². The minimum Gasteiger partial charge on any atom is -0.267 e. The number of hydrogen-bond acceptors (Lipinski definition) is 1. The fraction of sp³-hybridized carbons (Fsp3) is 0. The Morgan fingerprint density at radius 1 is 1.07 bits per heavy atom. The fourth-order valence-electron chi connectivity index (χ4n) is 1.17. The zero-order chi connectivity index (χ0) is 10.5. The van der Waals surface area contributed by atoms with Crippen LogP contribution < -0.4 is 0 Å². The Hall–Kier alpha value is -0.280. The minimum atomic E-state index is -0.492. The number of fused-ring (bicyclic) bond motifs is 1. The maximum absolute atomic E-state index is 11.3. The van der Waals surface area contributed by atoms with Crippen LogP contribution in [0, 0.1) is 0 Å². The summed E-state index contributed by atoms with van der Waals surface area (Å²) in [5, 5.41) is 0.574. The molecule has 6 heteroatoms. The summed E-state index contributed by atoms with van der Waals surface area (Å²) >= 11 is 23.1. The number of carbonyl (C=O) groups is 1. The molecule has 1 aromatic carbocycles. The molecule has 0 aliphatic carbocycles. The summed E-state index contributed by atoms with van der Waals surface area (Å²) in [6, 6.07) is 1.47. The second-order valence-corrected chi connectivity index (χ2v) is 4.14. The minimum absolute atomic E-state index is 0.0884. The lowest BCUT2D eigenvalue weighted by Gasteiger charge is -2.04. The van der Waals surface area contributed by atoms with Gasteiger partial charge in [-0.05, 0) is 6.07 Å². The molecular formula is C8HCl4NO. The third-order valence-electron chi connectivity index (χ3n) is 1.80. The highest BCUT2D eigenvalue weighted by molar-refractivity contribution is 6.72. The molecule has 1 aliphatic rings. The van der Waals surface area contributed by atoms with E-state index in [1.807, 2.05) is 0 Å². The Morgan fingerprint density at radius 3 is 2.36 bits per heavy atom. The van der Waals surface area contributed by atoms with Gasteiger partial charge in [-0.2, -0.15) is 4.99 Å². The van der Waals surface area contributed by atoms with Crippen molar-refractivity contribution in [3.8, 4) is 0 Å². The molecule has 1 heterocycles. The number of halogens is 4. The van der Waals surface area contributed by atoms with E-state index in [0.29, 0.717) is 5.56 Å². The SMILES string of the molecule is O=C1N=C(Cl)c2cc(Cl)c(Cl)c(Cl)c21. The Balaban J connectivity index is 2.82. The van der Waals surface area contributed by atoms with Gasteiger partial charge >= 0.3 is 0 Å². The van der Waals surface area contributed by atoms with Gasteiger partial charge in [0.2, 0.25) is 0 Å². The van der Waals surface area contributed by atoms with Crippen molar-refractivity contribution in [1.82, 2.24) is 0 Å². The summed E-state index contributed by atoms with van der Waals surface area (Å²) in [5.74, 6) is -0.492. The summed E-state index contributed by atoms with van der Waals surface area (Å²) < 4.78 is 0. The van der Waals surface area contributed by atoms with E-state index in [1.54, 1.807) is 0 Å². The van der Waals surface area contributed by atoms with E-state index in [-0.39, 0.29) is 25.8 Å². The van der Waals surface area contributed by atoms with Gasteiger partial charge in [0.25, 0.3) is 5.91 Å². The van der Waals surface area contributed by atoms with Crippen molar-refractivity contribution in [3.05, 3.63) is 32.3 Å². The molecule has 14 heavy (non-hydrogen) atoms. The molecule has 0 saturated carbocycles. The summed E-state index contributed by atoms with van der Waals surface area (Å²) in [7, 11) is 0. The first-order chi connectivity index (χ1) is 6.52. The molecule has 72 valence electrons. The van der Waals surface area contributed by atoms with Gasteiger partial charge in [-0.3, -0.25) is 4.79 Å². The Bertz CT molecular complexity index is 481. The molecule has 2 rings (SSSR count). The van der Waals surface area contributed by atoms with Gasteiger partial charge in [0.1, 0.15) is 5.17 Å². The van der Waals surface area contributed by atoms with Crippen molar-refractivity contribution in [2.45, 2.75) is 0 Å². The molecule has 0 radical (unpaired) electrons. The van der Waals surface area contributed by atoms with E-state index < -0.39 is 5.91 Å². The highest BCUT2D eigenvalue weighted by Crippen LogP contribution is 2.38. The summed E-state index contributed by atoms with van der Waals surface area (Å²) in [6.07, 6.45) is 0. The molecule has 0 spiro atoms. The van der Waals surface area contributed by atoms with E-state index in [4.69, 9.17) is 46.4 Å². The van der Waals surface area contributed by atoms with Gasteiger partial charge < -0.3 is 0 Å². The molecule has 1 amide bonds. The van der Waals surface area contributed by atoms with Crippen LogP contribution in [-0.2, 0) is 0 Å². The van der Waals surface area contributed by atoms with Gasteiger partial charge in [-0.1, -0.05) is 46.4 Å². The lowest BCUT2D eigenvalue weighted by molar-refractivity contribution is 0.101. The quantitative estimate of drug-likeness (QED) is 0.659. The van der Waals surface area contributed by atoms with Crippen molar-refractivity contribution >= 4 is 57.5 Å². The number of hydrogen-bond donors (Lipinski definition) is 0. The average Bonchev–Trinajstić information content (AvgIpc) is 2.38. The Morgan fingerprint density at radius 2 is 1.71 bits per heavy atom. The summed E-state index contributed by atoms with van der Waals surface area (Å²) in [6.45, 7) is 0. The molecule has 0 fully saturated rings.